The summed E-state index contributed by atoms with van der Waals surface area (Å²) < 4.78 is 2.33. The zero-order valence-corrected chi connectivity index (χ0v) is 12.7. The Bertz CT molecular complexity index is 587. The molecule has 108 valence electrons. The van der Waals surface area contributed by atoms with Gasteiger partial charge in [0.2, 0.25) is 0 Å². The van der Waals surface area contributed by atoms with Crippen LogP contribution in [0.5, 0.6) is 0 Å². The molecule has 0 aromatic carbocycles. The van der Waals surface area contributed by atoms with Crippen LogP contribution in [-0.4, -0.2) is 32.5 Å². The van der Waals surface area contributed by atoms with Gasteiger partial charge in [-0.2, -0.15) is 0 Å². The van der Waals surface area contributed by atoms with Crippen LogP contribution in [0.1, 0.15) is 57.9 Å². The first-order chi connectivity index (χ1) is 9.72. The predicted octanol–water partition coefficient (Wildman–Crippen LogP) is 3.56. The summed E-state index contributed by atoms with van der Waals surface area (Å²) in [5.41, 5.74) is 2.05. The highest BCUT2D eigenvalue weighted by atomic mass is 15.2. The third-order valence-corrected chi connectivity index (χ3v) is 4.31. The maximum absolute atomic E-state index is 4.91. The number of piperidine rings is 1. The van der Waals surface area contributed by atoms with E-state index in [2.05, 4.69) is 41.3 Å². The van der Waals surface area contributed by atoms with Gasteiger partial charge in [-0.1, -0.05) is 13.3 Å². The van der Waals surface area contributed by atoms with E-state index in [0.29, 0.717) is 12.1 Å². The standard InChI is InChI=1S/C16H24N4/c1-4-19-11-6-5-9-14(19)16-18-13-8-7-10-17-15(13)20(16)12(2)3/h7-8,10,12,14H,4-6,9,11H2,1-3H3. The lowest BCUT2D eigenvalue weighted by Gasteiger charge is -2.35. The lowest BCUT2D eigenvalue weighted by molar-refractivity contribution is 0.146. The first-order valence-electron chi connectivity index (χ1n) is 7.79. The van der Waals surface area contributed by atoms with Gasteiger partial charge in [-0.15, -0.1) is 0 Å². The Morgan fingerprint density at radius 1 is 1.35 bits per heavy atom. The summed E-state index contributed by atoms with van der Waals surface area (Å²) >= 11 is 0. The molecular weight excluding hydrogens is 248 g/mol. The van der Waals surface area contributed by atoms with Gasteiger partial charge in [0.15, 0.2) is 5.65 Å². The predicted molar refractivity (Wildman–Crippen MR) is 81.8 cm³/mol. The molecule has 4 heteroatoms. The van der Waals surface area contributed by atoms with E-state index in [4.69, 9.17) is 4.98 Å². The highest BCUT2D eigenvalue weighted by molar-refractivity contribution is 5.71. The molecule has 1 aliphatic rings. The van der Waals surface area contributed by atoms with E-state index in [0.717, 1.165) is 17.7 Å². The van der Waals surface area contributed by atoms with Gasteiger partial charge < -0.3 is 4.57 Å². The average Bonchev–Trinajstić information content (AvgIpc) is 2.86. The molecule has 3 rings (SSSR count). The van der Waals surface area contributed by atoms with Crippen molar-refractivity contribution in [2.45, 2.75) is 52.1 Å². The minimum atomic E-state index is 0.394. The smallest absolute Gasteiger partial charge is 0.160 e. The number of hydrogen-bond donors (Lipinski definition) is 0. The Labute approximate surface area is 120 Å². The Kier molecular flexibility index (Phi) is 3.74. The second-order valence-electron chi connectivity index (χ2n) is 5.92. The molecular formula is C16H24N4. The minimum Gasteiger partial charge on any atom is -0.309 e. The molecule has 20 heavy (non-hydrogen) atoms. The van der Waals surface area contributed by atoms with Crippen molar-refractivity contribution < 1.29 is 0 Å². The quantitative estimate of drug-likeness (QED) is 0.856. The SMILES string of the molecule is CCN1CCCCC1c1nc2cccnc2n1C(C)C. The van der Waals surface area contributed by atoms with Gasteiger partial charge >= 0.3 is 0 Å². The molecule has 1 atom stereocenters. The summed E-state index contributed by atoms with van der Waals surface area (Å²) in [5, 5.41) is 0. The zero-order valence-electron chi connectivity index (χ0n) is 12.7. The van der Waals surface area contributed by atoms with E-state index in [1.165, 1.54) is 31.6 Å². The molecule has 0 saturated carbocycles. The Morgan fingerprint density at radius 2 is 2.20 bits per heavy atom. The summed E-state index contributed by atoms with van der Waals surface area (Å²) in [7, 11) is 0. The Morgan fingerprint density at radius 3 is 2.95 bits per heavy atom. The number of imidazole rings is 1. The molecule has 1 unspecified atom stereocenters. The van der Waals surface area contributed by atoms with Crippen LogP contribution in [0.15, 0.2) is 18.3 Å². The summed E-state index contributed by atoms with van der Waals surface area (Å²) in [6, 6.07) is 4.89. The highest BCUT2D eigenvalue weighted by Gasteiger charge is 2.28. The number of nitrogens with zero attached hydrogens (tertiary/aromatic N) is 4. The first-order valence-corrected chi connectivity index (χ1v) is 7.79. The third-order valence-electron chi connectivity index (χ3n) is 4.31. The van der Waals surface area contributed by atoms with Crippen LogP contribution in [0, 0.1) is 0 Å². The lowest BCUT2D eigenvalue weighted by Crippen LogP contribution is -2.35. The van der Waals surface area contributed by atoms with E-state index in [1.54, 1.807) is 0 Å². The second kappa shape index (κ2) is 5.52. The zero-order chi connectivity index (χ0) is 14.1. The van der Waals surface area contributed by atoms with Gasteiger partial charge in [0.05, 0.1) is 6.04 Å². The summed E-state index contributed by atoms with van der Waals surface area (Å²) in [6.45, 7) is 8.98. The maximum atomic E-state index is 4.91. The second-order valence-corrected chi connectivity index (χ2v) is 5.92. The summed E-state index contributed by atoms with van der Waals surface area (Å²) in [6.07, 6.45) is 5.69. The van der Waals surface area contributed by atoms with Gasteiger partial charge in [0.25, 0.3) is 0 Å². The van der Waals surface area contributed by atoms with Crippen molar-refractivity contribution in [3.05, 3.63) is 24.2 Å². The molecule has 3 heterocycles. The van der Waals surface area contributed by atoms with Crippen LogP contribution in [0.4, 0.5) is 0 Å². The Balaban J connectivity index is 2.12. The van der Waals surface area contributed by atoms with Crippen LogP contribution in [0.25, 0.3) is 11.2 Å². The van der Waals surface area contributed by atoms with Crippen molar-refractivity contribution in [3.63, 3.8) is 0 Å². The van der Waals surface area contributed by atoms with Crippen molar-refractivity contribution in [2.24, 2.45) is 0 Å². The largest absolute Gasteiger partial charge is 0.309 e. The summed E-state index contributed by atoms with van der Waals surface area (Å²) in [4.78, 5) is 12.0. The average molecular weight is 272 g/mol. The molecule has 0 aliphatic carbocycles. The van der Waals surface area contributed by atoms with Crippen LogP contribution in [0.3, 0.4) is 0 Å². The van der Waals surface area contributed by atoms with E-state index in [1.807, 2.05) is 12.3 Å². The number of aromatic nitrogens is 3. The van der Waals surface area contributed by atoms with E-state index in [-0.39, 0.29) is 0 Å². The van der Waals surface area contributed by atoms with Gasteiger partial charge in [-0.3, -0.25) is 4.90 Å². The van der Waals surface area contributed by atoms with Gasteiger partial charge in [0, 0.05) is 12.2 Å². The number of hydrogen-bond acceptors (Lipinski definition) is 3. The molecule has 0 N–H and O–H groups in total. The van der Waals surface area contributed by atoms with Crippen LogP contribution < -0.4 is 0 Å². The van der Waals surface area contributed by atoms with Crippen LogP contribution >= 0.6 is 0 Å². The Hall–Kier alpha value is -1.42. The molecule has 0 spiro atoms. The molecule has 1 fully saturated rings. The normalized spacial score (nSPS) is 20.9. The minimum absolute atomic E-state index is 0.394. The fourth-order valence-corrected chi connectivity index (χ4v) is 3.35. The molecule has 4 nitrogen and oxygen atoms in total. The van der Waals surface area contributed by atoms with Gasteiger partial charge in [0.1, 0.15) is 11.3 Å². The molecule has 1 saturated heterocycles. The molecule has 0 bridgehead atoms. The van der Waals surface area contributed by atoms with Crippen LogP contribution in [-0.2, 0) is 0 Å². The van der Waals surface area contributed by atoms with Crippen LogP contribution in [0.2, 0.25) is 0 Å². The molecule has 1 aliphatic heterocycles. The highest BCUT2D eigenvalue weighted by Crippen LogP contribution is 2.33. The van der Waals surface area contributed by atoms with E-state index in [9.17, 15) is 0 Å². The van der Waals surface area contributed by atoms with Crippen molar-refractivity contribution in [2.75, 3.05) is 13.1 Å². The molecule has 2 aromatic heterocycles. The number of fused-ring (bicyclic) bond motifs is 1. The van der Waals surface area contributed by atoms with Crippen molar-refractivity contribution in [3.8, 4) is 0 Å². The fraction of sp³-hybridized carbons (Fsp3) is 0.625. The van der Waals surface area contributed by atoms with Crippen molar-refractivity contribution in [1.29, 1.82) is 0 Å². The number of pyridine rings is 1. The molecule has 0 radical (unpaired) electrons. The monoisotopic (exact) mass is 272 g/mol. The third kappa shape index (κ3) is 2.22. The van der Waals surface area contributed by atoms with Crippen molar-refractivity contribution in [1.82, 2.24) is 19.4 Å². The van der Waals surface area contributed by atoms with Crippen molar-refractivity contribution >= 4 is 11.2 Å². The summed E-state index contributed by atoms with van der Waals surface area (Å²) in [5.74, 6) is 1.20. The van der Waals surface area contributed by atoms with Gasteiger partial charge in [-0.05, 0) is 51.9 Å². The van der Waals surface area contributed by atoms with E-state index >= 15 is 0 Å². The topological polar surface area (TPSA) is 34.0 Å². The number of rotatable bonds is 3. The first kappa shape index (κ1) is 13.6. The maximum Gasteiger partial charge on any atom is 0.160 e. The number of likely N-dealkylation sites (tertiary alicyclic amines) is 1. The van der Waals surface area contributed by atoms with E-state index < -0.39 is 0 Å². The van der Waals surface area contributed by atoms with Gasteiger partial charge in [-0.25, -0.2) is 9.97 Å². The fourth-order valence-electron chi connectivity index (χ4n) is 3.35. The molecule has 2 aromatic rings. The lowest BCUT2D eigenvalue weighted by atomic mass is 10.0. The molecule has 0 amide bonds.